The normalized spacial score (nSPS) is 15.6. The fraction of sp³-hybridized carbons (Fsp3) is 0.100. The number of hydrogen-bond acceptors (Lipinski definition) is 4. The van der Waals surface area contributed by atoms with Crippen LogP contribution in [0.1, 0.15) is 11.1 Å². The Balaban J connectivity index is 1.64. The molecule has 132 valence electrons. The van der Waals surface area contributed by atoms with Gasteiger partial charge in [0, 0.05) is 6.54 Å². The molecule has 0 spiro atoms. The first kappa shape index (κ1) is 18.4. The summed E-state index contributed by atoms with van der Waals surface area (Å²) >= 11 is 6.51. The molecule has 2 aromatic carbocycles. The van der Waals surface area contributed by atoms with Crippen molar-refractivity contribution in [2.24, 2.45) is 0 Å². The van der Waals surface area contributed by atoms with Crippen molar-refractivity contribution in [1.29, 1.82) is 0 Å². The number of thioether (sulfide) groups is 1. The van der Waals surface area contributed by atoms with E-state index in [9.17, 15) is 9.18 Å². The van der Waals surface area contributed by atoms with Crippen molar-refractivity contribution in [2.45, 2.75) is 6.61 Å². The van der Waals surface area contributed by atoms with Crippen LogP contribution in [0.25, 0.3) is 6.08 Å². The molecule has 3 nitrogen and oxygen atoms in total. The Morgan fingerprint density at radius 3 is 2.50 bits per heavy atom. The van der Waals surface area contributed by atoms with E-state index in [-0.39, 0.29) is 11.7 Å². The summed E-state index contributed by atoms with van der Waals surface area (Å²) < 4.78 is 19.1. The lowest BCUT2D eigenvalue weighted by Crippen LogP contribution is -2.27. The lowest BCUT2D eigenvalue weighted by molar-refractivity contribution is -0.121. The van der Waals surface area contributed by atoms with Crippen molar-refractivity contribution >= 4 is 40.3 Å². The summed E-state index contributed by atoms with van der Waals surface area (Å²) in [5.74, 6) is 0.332. The molecular formula is C20H16FNO2S2. The minimum atomic E-state index is -0.267. The Bertz CT molecular complexity index is 860. The lowest BCUT2D eigenvalue weighted by Gasteiger charge is -2.10. The van der Waals surface area contributed by atoms with Crippen LogP contribution in [0.15, 0.2) is 66.1 Å². The van der Waals surface area contributed by atoms with Gasteiger partial charge < -0.3 is 4.74 Å². The van der Waals surface area contributed by atoms with Gasteiger partial charge >= 0.3 is 0 Å². The van der Waals surface area contributed by atoms with Gasteiger partial charge in [0.1, 0.15) is 22.5 Å². The molecular weight excluding hydrogens is 369 g/mol. The smallest absolute Gasteiger partial charge is 0.266 e. The summed E-state index contributed by atoms with van der Waals surface area (Å²) in [6.45, 7) is 4.42. The van der Waals surface area contributed by atoms with Gasteiger partial charge in [0.2, 0.25) is 0 Å². The summed E-state index contributed by atoms with van der Waals surface area (Å²) in [6.07, 6.45) is 3.47. The average Bonchev–Trinajstić information content (AvgIpc) is 2.90. The second kappa shape index (κ2) is 8.29. The summed E-state index contributed by atoms with van der Waals surface area (Å²) in [5, 5.41) is 0. The summed E-state index contributed by atoms with van der Waals surface area (Å²) in [7, 11) is 0. The predicted molar refractivity (Wildman–Crippen MR) is 107 cm³/mol. The minimum absolute atomic E-state index is 0.100. The maximum Gasteiger partial charge on any atom is 0.266 e. The van der Waals surface area contributed by atoms with E-state index in [0.717, 1.165) is 11.1 Å². The molecule has 0 saturated carbocycles. The van der Waals surface area contributed by atoms with Gasteiger partial charge in [0.05, 0.1) is 4.91 Å². The van der Waals surface area contributed by atoms with Crippen molar-refractivity contribution in [3.63, 3.8) is 0 Å². The second-order valence-corrected chi connectivity index (χ2v) is 7.24. The number of nitrogens with zero attached hydrogens (tertiary/aromatic N) is 1. The zero-order chi connectivity index (χ0) is 18.5. The Hall–Kier alpha value is -2.44. The van der Waals surface area contributed by atoms with Gasteiger partial charge in [0.25, 0.3) is 5.91 Å². The maximum absolute atomic E-state index is 12.9. The van der Waals surface area contributed by atoms with E-state index in [1.807, 2.05) is 30.3 Å². The fourth-order valence-corrected chi connectivity index (χ4v) is 3.62. The number of amides is 1. The van der Waals surface area contributed by atoms with E-state index < -0.39 is 0 Å². The van der Waals surface area contributed by atoms with Crippen LogP contribution in [0.2, 0.25) is 0 Å². The van der Waals surface area contributed by atoms with Gasteiger partial charge in [-0.25, -0.2) is 4.39 Å². The molecule has 1 aliphatic heterocycles. The highest BCUT2D eigenvalue weighted by Gasteiger charge is 2.30. The van der Waals surface area contributed by atoms with E-state index in [0.29, 0.717) is 28.1 Å². The summed E-state index contributed by atoms with van der Waals surface area (Å²) in [4.78, 5) is 14.4. The first-order valence-electron chi connectivity index (χ1n) is 7.90. The van der Waals surface area contributed by atoms with E-state index in [2.05, 4.69) is 6.58 Å². The molecule has 0 bridgehead atoms. The Morgan fingerprint density at radius 2 is 1.85 bits per heavy atom. The van der Waals surface area contributed by atoms with Crippen molar-refractivity contribution < 1.29 is 13.9 Å². The largest absolute Gasteiger partial charge is 0.489 e. The number of halogens is 1. The van der Waals surface area contributed by atoms with Crippen LogP contribution in [0.4, 0.5) is 4.39 Å². The summed E-state index contributed by atoms with van der Waals surface area (Å²) in [6, 6.07) is 13.6. The van der Waals surface area contributed by atoms with E-state index in [4.69, 9.17) is 17.0 Å². The highest BCUT2D eigenvalue weighted by Crippen LogP contribution is 2.32. The molecule has 1 saturated heterocycles. The fourth-order valence-electron chi connectivity index (χ4n) is 2.35. The molecule has 0 unspecified atom stereocenters. The molecule has 0 radical (unpaired) electrons. The van der Waals surface area contributed by atoms with E-state index >= 15 is 0 Å². The number of thiocarbonyl (C=S) groups is 1. The molecule has 2 aromatic rings. The lowest BCUT2D eigenvalue weighted by atomic mass is 10.2. The summed E-state index contributed by atoms with van der Waals surface area (Å²) in [5.41, 5.74) is 1.78. The van der Waals surface area contributed by atoms with Crippen LogP contribution in [-0.2, 0) is 11.4 Å². The molecule has 0 N–H and O–H groups in total. The van der Waals surface area contributed by atoms with Gasteiger partial charge in [-0.1, -0.05) is 54.3 Å². The van der Waals surface area contributed by atoms with Gasteiger partial charge in [0.15, 0.2) is 0 Å². The van der Waals surface area contributed by atoms with Crippen molar-refractivity contribution in [3.05, 3.63) is 83.0 Å². The Morgan fingerprint density at radius 1 is 1.15 bits per heavy atom. The van der Waals surface area contributed by atoms with Crippen LogP contribution >= 0.6 is 24.0 Å². The second-order valence-electron chi connectivity index (χ2n) is 5.57. The molecule has 0 atom stereocenters. The number of hydrogen-bond donors (Lipinski definition) is 0. The van der Waals surface area contributed by atoms with Crippen molar-refractivity contribution in [3.8, 4) is 5.75 Å². The van der Waals surface area contributed by atoms with Gasteiger partial charge in [-0.15, -0.1) is 6.58 Å². The number of carbonyl (C=O) groups excluding carboxylic acids is 1. The SMILES string of the molecule is C=CCN1C(=O)/C(=C\c2ccc(OCc3ccc(F)cc3)cc2)SC1=S. The molecule has 26 heavy (non-hydrogen) atoms. The number of benzene rings is 2. The topological polar surface area (TPSA) is 29.5 Å². The number of rotatable bonds is 6. The average molecular weight is 385 g/mol. The zero-order valence-corrected chi connectivity index (χ0v) is 15.5. The maximum atomic E-state index is 12.9. The van der Waals surface area contributed by atoms with E-state index in [1.165, 1.54) is 28.8 Å². The highest BCUT2D eigenvalue weighted by atomic mass is 32.2. The predicted octanol–water partition coefficient (Wildman–Crippen LogP) is 4.79. The Kier molecular flexibility index (Phi) is 5.85. The number of ether oxygens (including phenoxy) is 1. The van der Waals surface area contributed by atoms with Crippen LogP contribution in [0, 0.1) is 5.82 Å². The highest BCUT2D eigenvalue weighted by molar-refractivity contribution is 8.26. The third-order valence-electron chi connectivity index (χ3n) is 3.68. The quantitative estimate of drug-likeness (QED) is 0.406. The van der Waals surface area contributed by atoms with Crippen molar-refractivity contribution in [2.75, 3.05) is 6.54 Å². The monoisotopic (exact) mass is 385 g/mol. The van der Waals surface area contributed by atoms with Crippen LogP contribution in [-0.4, -0.2) is 21.7 Å². The van der Waals surface area contributed by atoms with Crippen LogP contribution in [0.3, 0.4) is 0 Å². The molecule has 0 aromatic heterocycles. The van der Waals surface area contributed by atoms with Gasteiger partial charge in [-0.05, 0) is 41.5 Å². The standard InChI is InChI=1S/C20H16FNO2S2/c1-2-11-22-19(23)18(26-20(22)25)12-14-5-9-17(10-6-14)24-13-15-3-7-16(21)8-4-15/h2-10,12H,1,11,13H2/b18-12+. The Labute approximate surface area is 161 Å². The third-order valence-corrected chi connectivity index (χ3v) is 5.06. The van der Waals surface area contributed by atoms with Gasteiger partial charge in [-0.3, -0.25) is 9.69 Å². The van der Waals surface area contributed by atoms with Crippen LogP contribution < -0.4 is 4.74 Å². The molecule has 6 heteroatoms. The molecule has 1 amide bonds. The first-order chi connectivity index (χ1) is 12.6. The number of carbonyl (C=O) groups is 1. The molecule has 1 aliphatic rings. The molecule has 1 heterocycles. The zero-order valence-electron chi connectivity index (χ0n) is 13.9. The third kappa shape index (κ3) is 4.39. The van der Waals surface area contributed by atoms with E-state index in [1.54, 1.807) is 18.2 Å². The molecule has 0 aliphatic carbocycles. The molecule has 1 fully saturated rings. The minimum Gasteiger partial charge on any atom is -0.489 e. The van der Waals surface area contributed by atoms with Gasteiger partial charge in [-0.2, -0.15) is 0 Å². The van der Waals surface area contributed by atoms with Crippen molar-refractivity contribution in [1.82, 2.24) is 4.90 Å². The van der Waals surface area contributed by atoms with Crippen LogP contribution in [0.5, 0.6) is 5.75 Å². The molecule has 3 rings (SSSR count). The first-order valence-corrected chi connectivity index (χ1v) is 9.13.